The first-order chi connectivity index (χ1) is 14.6. The van der Waals surface area contributed by atoms with E-state index in [9.17, 15) is 14.4 Å². The highest BCUT2D eigenvalue weighted by Gasteiger charge is 2.29. The van der Waals surface area contributed by atoms with E-state index in [0.29, 0.717) is 30.0 Å². The number of likely N-dealkylation sites (tertiary alicyclic amines) is 1. The zero-order valence-electron chi connectivity index (χ0n) is 16.3. The maximum absolute atomic E-state index is 12.7. The average Bonchev–Trinajstić information content (AvgIpc) is 3.51. The van der Waals surface area contributed by atoms with Crippen LogP contribution in [0.3, 0.4) is 0 Å². The third-order valence-corrected chi connectivity index (χ3v) is 6.00. The minimum Gasteiger partial charge on any atom is -0.337 e. The van der Waals surface area contributed by atoms with E-state index in [1.807, 2.05) is 52.7 Å². The minimum atomic E-state index is -0.394. The number of amides is 3. The summed E-state index contributed by atoms with van der Waals surface area (Å²) in [6, 6.07) is 14.6. The fraction of sp³-hybridized carbons (Fsp3) is 0.227. The number of carbonyl (C=O) groups excluding carboxylic acids is 3. The highest BCUT2D eigenvalue weighted by Crippen LogP contribution is 2.21. The van der Waals surface area contributed by atoms with Gasteiger partial charge in [0.1, 0.15) is 0 Å². The van der Waals surface area contributed by atoms with E-state index in [-0.39, 0.29) is 17.7 Å². The number of nitrogens with zero attached hydrogens (tertiary/aromatic N) is 2. The lowest BCUT2D eigenvalue weighted by molar-refractivity contribution is -0.127. The number of thiophene rings is 1. The monoisotopic (exact) mass is 422 g/mol. The van der Waals surface area contributed by atoms with Crippen molar-refractivity contribution in [2.24, 2.45) is 5.92 Å². The number of nitrogens with one attached hydrogen (secondary N) is 2. The smallest absolute Gasteiger partial charge is 0.271 e. The van der Waals surface area contributed by atoms with Gasteiger partial charge in [-0.25, -0.2) is 0 Å². The number of carbonyl (C=O) groups is 3. The molecule has 154 valence electrons. The Bertz CT molecular complexity index is 1030. The van der Waals surface area contributed by atoms with Crippen LogP contribution in [0.4, 0.5) is 0 Å². The molecule has 1 aliphatic heterocycles. The molecule has 1 aromatic carbocycles. The van der Waals surface area contributed by atoms with Crippen molar-refractivity contribution in [2.75, 3.05) is 13.1 Å². The zero-order chi connectivity index (χ0) is 20.9. The third kappa shape index (κ3) is 4.28. The van der Waals surface area contributed by atoms with Gasteiger partial charge in [-0.15, -0.1) is 11.3 Å². The van der Waals surface area contributed by atoms with Crippen molar-refractivity contribution < 1.29 is 14.4 Å². The van der Waals surface area contributed by atoms with E-state index in [2.05, 4.69) is 10.9 Å². The van der Waals surface area contributed by atoms with Gasteiger partial charge in [0.15, 0.2) is 0 Å². The molecule has 0 spiro atoms. The molecule has 4 rings (SSSR count). The van der Waals surface area contributed by atoms with E-state index in [0.717, 1.165) is 12.1 Å². The molecule has 0 aliphatic carbocycles. The van der Waals surface area contributed by atoms with Crippen molar-refractivity contribution in [1.82, 2.24) is 20.3 Å². The lowest BCUT2D eigenvalue weighted by Crippen LogP contribution is -2.50. The Morgan fingerprint density at radius 1 is 0.967 bits per heavy atom. The van der Waals surface area contributed by atoms with Gasteiger partial charge >= 0.3 is 0 Å². The zero-order valence-corrected chi connectivity index (χ0v) is 17.1. The topological polar surface area (TPSA) is 83.4 Å². The molecular weight excluding hydrogens is 400 g/mol. The summed E-state index contributed by atoms with van der Waals surface area (Å²) in [5, 5.41) is 1.86. The Hall–Kier alpha value is -3.39. The fourth-order valence-corrected chi connectivity index (χ4v) is 4.30. The summed E-state index contributed by atoms with van der Waals surface area (Å²) in [7, 11) is 0. The summed E-state index contributed by atoms with van der Waals surface area (Å²) in [5.74, 6) is -1.09. The summed E-state index contributed by atoms with van der Waals surface area (Å²) < 4.78 is 1.84. The van der Waals surface area contributed by atoms with Gasteiger partial charge in [-0.3, -0.25) is 25.2 Å². The Labute approximate surface area is 178 Å². The molecule has 8 heteroatoms. The standard InChI is InChI=1S/C22H22N4O3S/c27-20(16-7-5-13-26(15-16)22(29)19-10-6-14-30-19)23-24-21(28)17-8-1-2-9-18(17)25-11-3-4-12-25/h1-4,6,8-12,14,16H,5,7,13,15H2,(H,23,27)(H,24,28)/t16-/m1/s1. The van der Waals surface area contributed by atoms with Gasteiger partial charge < -0.3 is 9.47 Å². The second-order valence-corrected chi connectivity index (χ2v) is 8.07. The molecule has 1 aliphatic rings. The van der Waals surface area contributed by atoms with E-state index in [4.69, 9.17) is 0 Å². The Morgan fingerprint density at radius 3 is 2.53 bits per heavy atom. The number of para-hydroxylation sites is 1. The molecule has 30 heavy (non-hydrogen) atoms. The van der Waals surface area contributed by atoms with Gasteiger partial charge in [-0.2, -0.15) is 0 Å². The van der Waals surface area contributed by atoms with Crippen LogP contribution in [0.2, 0.25) is 0 Å². The predicted octanol–water partition coefficient (Wildman–Crippen LogP) is 2.85. The number of hydrogen-bond acceptors (Lipinski definition) is 4. The maximum atomic E-state index is 12.7. The van der Waals surface area contributed by atoms with Gasteiger partial charge in [0.2, 0.25) is 5.91 Å². The van der Waals surface area contributed by atoms with Crippen molar-refractivity contribution in [3.05, 3.63) is 76.7 Å². The van der Waals surface area contributed by atoms with Crippen LogP contribution >= 0.6 is 11.3 Å². The predicted molar refractivity (Wildman–Crippen MR) is 114 cm³/mol. The highest BCUT2D eigenvalue weighted by molar-refractivity contribution is 7.12. The molecular formula is C22H22N4O3S. The first kappa shape index (κ1) is 19.9. The van der Waals surface area contributed by atoms with Crippen molar-refractivity contribution in [1.29, 1.82) is 0 Å². The van der Waals surface area contributed by atoms with Gasteiger partial charge in [-0.1, -0.05) is 18.2 Å². The SMILES string of the molecule is O=C(NNC(=O)[C@@H]1CCCN(C(=O)c2cccs2)C1)c1ccccc1-n1cccc1. The molecule has 3 heterocycles. The molecule has 0 bridgehead atoms. The number of rotatable bonds is 4. The van der Waals surface area contributed by atoms with Gasteiger partial charge in [0.25, 0.3) is 11.8 Å². The first-order valence-corrected chi connectivity index (χ1v) is 10.7. The Morgan fingerprint density at radius 2 is 1.77 bits per heavy atom. The summed E-state index contributed by atoms with van der Waals surface area (Å²) >= 11 is 1.40. The number of hydrogen-bond donors (Lipinski definition) is 2. The molecule has 2 aromatic heterocycles. The van der Waals surface area contributed by atoms with E-state index < -0.39 is 5.91 Å². The minimum absolute atomic E-state index is 0.0489. The van der Waals surface area contributed by atoms with Gasteiger partial charge in [-0.05, 0) is 48.6 Å². The molecule has 1 atom stereocenters. The van der Waals surface area contributed by atoms with Crippen molar-refractivity contribution in [2.45, 2.75) is 12.8 Å². The Kier molecular flexibility index (Phi) is 5.94. The summed E-state index contributed by atoms with van der Waals surface area (Å²) in [6.07, 6.45) is 5.13. The molecule has 0 unspecified atom stereocenters. The molecule has 7 nitrogen and oxygen atoms in total. The molecule has 3 aromatic rings. The van der Waals surface area contributed by atoms with Gasteiger partial charge in [0, 0.05) is 25.5 Å². The van der Waals surface area contributed by atoms with Crippen LogP contribution in [-0.4, -0.2) is 40.3 Å². The molecule has 2 N–H and O–H groups in total. The van der Waals surface area contributed by atoms with Crippen LogP contribution in [0, 0.1) is 5.92 Å². The summed E-state index contributed by atoms with van der Waals surface area (Å²) in [6.45, 7) is 0.982. The van der Waals surface area contributed by atoms with Crippen LogP contribution in [0.25, 0.3) is 5.69 Å². The lowest BCUT2D eigenvalue weighted by atomic mass is 9.97. The van der Waals surface area contributed by atoms with Crippen molar-refractivity contribution in [3.63, 3.8) is 0 Å². The first-order valence-electron chi connectivity index (χ1n) is 9.79. The molecule has 1 fully saturated rings. The highest BCUT2D eigenvalue weighted by atomic mass is 32.1. The second-order valence-electron chi connectivity index (χ2n) is 7.12. The van der Waals surface area contributed by atoms with E-state index in [1.165, 1.54) is 11.3 Å². The quantitative estimate of drug-likeness (QED) is 0.634. The van der Waals surface area contributed by atoms with Crippen LogP contribution in [-0.2, 0) is 4.79 Å². The van der Waals surface area contributed by atoms with Crippen LogP contribution in [0.5, 0.6) is 0 Å². The number of benzene rings is 1. The van der Waals surface area contributed by atoms with E-state index >= 15 is 0 Å². The largest absolute Gasteiger partial charge is 0.337 e. The normalized spacial score (nSPS) is 16.1. The van der Waals surface area contributed by atoms with Crippen LogP contribution in [0.1, 0.15) is 32.9 Å². The number of piperidine rings is 1. The van der Waals surface area contributed by atoms with Crippen molar-refractivity contribution >= 4 is 29.1 Å². The van der Waals surface area contributed by atoms with Crippen LogP contribution in [0.15, 0.2) is 66.3 Å². The average molecular weight is 423 g/mol. The van der Waals surface area contributed by atoms with E-state index in [1.54, 1.807) is 23.1 Å². The summed E-state index contributed by atoms with van der Waals surface area (Å²) in [4.78, 5) is 40.3. The summed E-state index contributed by atoms with van der Waals surface area (Å²) in [5.41, 5.74) is 6.22. The van der Waals surface area contributed by atoms with Crippen molar-refractivity contribution in [3.8, 4) is 5.69 Å². The number of aromatic nitrogens is 1. The maximum Gasteiger partial charge on any atom is 0.271 e. The third-order valence-electron chi connectivity index (χ3n) is 5.14. The fourth-order valence-electron chi connectivity index (χ4n) is 3.61. The molecule has 1 saturated heterocycles. The molecule has 0 saturated carbocycles. The number of hydrazine groups is 1. The van der Waals surface area contributed by atoms with Crippen LogP contribution < -0.4 is 10.9 Å². The van der Waals surface area contributed by atoms with Gasteiger partial charge in [0.05, 0.1) is 22.0 Å². The molecule has 3 amide bonds. The lowest BCUT2D eigenvalue weighted by Gasteiger charge is -2.31. The second kappa shape index (κ2) is 8.96. The molecule has 0 radical (unpaired) electrons. The Balaban J connectivity index is 1.37.